The summed E-state index contributed by atoms with van der Waals surface area (Å²) in [5, 5.41) is 1.67. The second kappa shape index (κ2) is 3.66. The molecule has 0 unspecified atom stereocenters. The van der Waals surface area contributed by atoms with Gasteiger partial charge < -0.3 is 4.42 Å². The van der Waals surface area contributed by atoms with Gasteiger partial charge in [0, 0.05) is 10.1 Å². The highest BCUT2D eigenvalue weighted by Gasteiger charge is 2.15. The summed E-state index contributed by atoms with van der Waals surface area (Å²) in [4.78, 5) is 12.0. The van der Waals surface area contributed by atoms with Crippen LogP contribution in [0.3, 0.4) is 0 Å². The molecule has 88 valence electrons. The fraction of sp³-hybridized carbons (Fsp3) is 0. The summed E-state index contributed by atoms with van der Waals surface area (Å²) in [7, 11) is 0. The normalized spacial score (nSPS) is 11.8. The average Bonchev–Trinajstić information content (AvgIpc) is 2.91. The molecule has 0 radical (unpaired) electrons. The van der Waals surface area contributed by atoms with Gasteiger partial charge in [-0.05, 0) is 34.1 Å². The number of fused-ring (bicyclic) bond motifs is 5. The van der Waals surface area contributed by atoms with E-state index in [-0.39, 0.29) is 5.63 Å². The van der Waals surface area contributed by atoms with Gasteiger partial charge in [-0.3, -0.25) is 0 Å². The highest BCUT2D eigenvalue weighted by Crippen LogP contribution is 2.40. The fourth-order valence-electron chi connectivity index (χ4n) is 2.10. The van der Waals surface area contributed by atoms with Crippen LogP contribution < -0.4 is 5.63 Å². The van der Waals surface area contributed by atoms with Crippen molar-refractivity contribution in [1.82, 2.24) is 0 Å². The van der Waals surface area contributed by atoms with E-state index in [9.17, 15) is 4.79 Å². The van der Waals surface area contributed by atoms with Crippen molar-refractivity contribution >= 4 is 69.1 Å². The molecule has 18 heavy (non-hydrogen) atoms. The molecule has 3 heterocycles. The zero-order valence-corrected chi connectivity index (χ0v) is 12.1. The Balaban J connectivity index is 2.39. The Bertz CT molecular complexity index is 962. The first-order valence-electron chi connectivity index (χ1n) is 5.27. The van der Waals surface area contributed by atoms with Crippen molar-refractivity contribution in [2.45, 2.75) is 0 Å². The molecule has 3 aromatic heterocycles. The zero-order valence-electron chi connectivity index (χ0n) is 8.90. The maximum atomic E-state index is 12.0. The van der Waals surface area contributed by atoms with Crippen molar-refractivity contribution in [3.63, 3.8) is 0 Å². The predicted molar refractivity (Wildman–Crippen MR) is 81.0 cm³/mol. The first-order valence-corrected chi connectivity index (χ1v) is 7.70. The maximum Gasteiger partial charge on any atom is 0.345 e. The summed E-state index contributed by atoms with van der Waals surface area (Å²) in [5.41, 5.74) is 0.449. The van der Waals surface area contributed by atoms with E-state index < -0.39 is 0 Å². The molecule has 1 aromatic carbocycles. The van der Waals surface area contributed by atoms with Gasteiger partial charge in [-0.2, -0.15) is 0 Å². The molecule has 5 heteroatoms. The summed E-state index contributed by atoms with van der Waals surface area (Å²) in [6, 6.07) is 9.83. The number of hydrogen-bond donors (Lipinski definition) is 0. The minimum atomic E-state index is -0.261. The van der Waals surface area contributed by atoms with Crippen LogP contribution in [0.25, 0.3) is 30.5 Å². The van der Waals surface area contributed by atoms with Crippen LogP contribution in [0, 0.1) is 0 Å². The van der Waals surface area contributed by atoms with Crippen molar-refractivity contribution in [1.29, 1.82) is 0 Å². The van der Waals surface area contributed by atoms with Gasteiger partial charge in [-0.25, -0.2) is 4.79 Å². The highest BCUT2D eigenvalue weighted by molar-refractivity contribution is 9.11. The summed E-state index contributed by atoms with van der Waals surface area (Å²) < 4.78 is 9.65. The number of benzene rings is 1. The largest absolute Gasteiger partial charge is 0.421 e. The van der Waals surface area contributed by atoms with Gasteiger partial charge in [0.15, 0.2) is 5.58 Å². The lowest BCUT2D eigenvalue weighted by atomic mass is 10.2. The summed E-state index contributed by atoms with van der Waals surface area (Å²) in [6.45, 7) is 0. The molecule has 0 saturated heterocycles. The van der Waals surface area contributed by atoms with Crippen molar-refractivity contribution < 1.29 is 4.42 Å². The number of rotatable bonds is 0. The Labute approximate surface area is 118 Å². The third kappa shape index (κ3) is 1.35. The van der Waals surface area contributed by atoms with Gasteiger partial charge in [-0.1, -0.05) is 12.1 Å². The molecule has 4 rings (SSSR count). The molecule has 0 saturated carbocycles. The fourth-order valence-corrected chi connectivity index (χ4v) is 4.96. The molecule has 0 aliphatic heterocycles. The molecule has 0 bridgehead atoms. The highest BCUT2D eigenvalue weighted by atomic mass is 79.9. The van der Waals surface area contributed by atoms with Gasteiger partial charge in [0.05, 0.1) is 18.6 Å². The van der Waals surface area contributed by atoms with E-state index in [1.807, 2.05) is 24.3 Å². The molecule has 0 aliphatic carbocycles. The van der Waals surface area contributed by atoms with Gasteiger partial charge >= 0.3 is 5.63 Å². The molecule has 0 spiro atoms. The van der Waals surface area contributed by atoms with E-state index in [1.165, 1.54) is 0 Å². The lowest BCUT2D eigenvalue weighted by Gasteiger charge is -1.91. The molecule has 0 N–H and O–H groups in total. The summed E-state index contributed by atoms with van der Waals surface area (Å²) >= 11 is 6.68. The predicted octanol–water partition coefficient (Wildman–Crippen LogP) is 4.98. The van der Waals surface area contributed by atoms with E-state index >= 15 is 0 Å². The molecular weight excluding hydrogens is 332 g/mol. The zero-order chi connectivity index (χ0) is 12.3. The van der Waals surface area contributed by atoms with Crippen LogP contribution in [0.2, 0.25) is 0 Å². The van der Waals surface area contributed by atoms with Gasteiger partial charge in [0.1, 0.15) is 0 Å². The average molecular weight is 337 g/mol. The second-order valence-electron chi connectivity index (χ2n) is 3.94. The summed E-state index contributed by atoms with van der Waals surface area (Å²) in [5.74, 6) is 0. The third-order valence-corrected chi connectivity index (χ3v) is 5.83. The first-order chi connectivity index (χ1) is 8.74. The van der Waals surface area contributed by atoms with Crippen molar-refractivity contribution in [2.24, 2.45) is 0 Å². The van der Waals surface area contributed by atoms with E-state index in [0.29, 0.717) is 11.0 Å². The monoisotopic (exact) mass is 336 g/mol. The Morgan fingerprint density at radius 2 is 1.89 bits per heavy atom. The van der Waals surface area contributed by atoms with Crippen molar-refractivity contribution in [3.8, 4) is 0 Å². The van der Waals surface area contributed by atoms with Crippen molar-refractivity contribution in [2.75, 3.05) is 0 Å². The van der Waals surface area contributed by atoms with Crippen LogP contribution in [0.5, 0.6) is 0 Å². The quantitative estimate of drug-likeness (QED) is 0.453. The first kappa shape index (κ1) is 10.7. The van der Waals surface area contributed by atoms with E-state index in [1.54, 1.807) is 22.7 Å². The van der Waals surface area contributed by atoms with Crippen LogP contribution in [-0.2, 0) is 0 Å². The Morgan fingerprint density at radius 1 is 1.06 bits per heavy atom. The van der Waals surface area contributed by atoms with Crippen LogP contribution in [0.1, 0.15) is 0 Å². The molecular formula is C13H5BrO2S2. The lowest BCUT2D eigenvalue weighted by Crippen LogP contribution is -1.95. The van der Waals surface area contributed by atoms with Crippen molar-refractivity contribution in [3.05, 3.63) is 44.5 Å². The minimum absolute atomic E-state index is 0.261. The SMILES string of the molecule is O=c1oc2c3ccccc3sc2c2sc(Br)cc12. The Kier molecular flexibility index (Phi) is 2.18. The molecule has 2 nitrogen and oxygen atoms in total. The second-order valence-corrected chi connectivity index (χ2v) is 7.42. The van der Waals surface area contributed by atoms with Gasteiger partial charge in [-0.15, -0.1) is 22.7 Å². The number of hydrogen-bond acceptors (Lipinski definition) is 4. The van der Waals surface area contributed by atoms with Crippen LogP contribution in [0.15, 0.2) is 43.3 Å². The van der Waals surface area contributed by atoms with Crippen LogP contribution in [-0.4, -0.2) is 0 Å². The smallest absolute Gasteiger partial charge is 0.345 e. The third-order valence-electron chi connectivity index (χ3n) is 2.87. The maximum absolute atomic E-state index is 12.0. The topological polar surface area (TPSA) is 30.2 Å². The van der Waals surface area contributed by atoms with Crippen LogP contribution in [0.4, 0.5) is 0 Å². The van der Waals surface area contributed by atoms with E-state index in [0.717, 1.165) is 23.3 Å². The van der Waals surface area contributed by atoms with Gasteiger partial charge in [0.2, 0.25) is 0 Å². The molecule has 0 aliphatic rings. The van der Waals surface area contributed by atoms with E-state index in [2.05, 4.69) is 22.0 Å². The molecule has 0 fully saturated rings. The lowest BCUT2D eigenvalue weighted by molar-refractivity contribution is 0.574. The standard InChI is InChI=1S/C13H5BrO2S2/c14-9-5-7-11(18-9)12-10(16-13(7)15)6-3-1-2-4-8(6)17-12/h1-5H. The molecule has 4 aromatic rings. The van der Waals surface area contributed by atoms with E-state index in [4.69, 9.17) is 4.42 Å². The van der Waals surface area contributed by atoms with Gasteiger partial charge in [0.25, 0.3) is 0 Å². The molecule has 0 amide bonds. The Morgan fingerprint density at radius 3 is 2.78 bits per heavy atom. The number of thiophene rings is 2. The summed E-state index contributed by atoms with van der Waals surface area (Å²) in [6.07, 6.45) is 0. The Hall–Kier alpha value is -1.17. The molecule has 0 atom stereocenters. The minimum Gasteiger partial charge on any atom is -0.421 e. The van der Waals surface area contributed by atoms with Crippen LogP contribution >= 0.6 is 38.6 Å². The number of halogens is 1.